The first-order valence-corrected chi connectivity index (χ1v) is 9.83. The lowest BCUT2D eigenvalue weighted by Gasteiger charge is -2.30. The Kier molecular flexibility index (Phi) is 4.98. The monoisotopic (exact) mass is 379 g/mol. The minimum Gasteiger partial charge on any atom is -0.616 e. The Bertz CT molecular complexity index is 778. The van der Waals surface area contributed by atoms with E-state index in [0.717, 1.165) is 0 Å². The van der Waals surface area contributed by atoms with Crippen LogP contribution in [0.25, 0.3) is 0 Å². The van der Waals surface area contributed by atoms with Gasteiger partial charge in [-0.3, -0.25) is 0 Å². The summed E-state index contributed by atoms with van der Waals surface area (Å²) in [6.45, 7) is 1.49. The number of aromatic nitrogens is 1. The van der Waals surface area contributed by atoms with Gasteiger partial charge >= 0.3 is 0 Å². The van der Waals surface area contributed by atoms with Gasteiger partial charge in [0.25, 0.3) is 5.88 Å². The molecule has 0 spiro atoms. The minimum absolute atomic E-state index is 0.249. The molecule has 1 atom stereocenters. The van der Waals surface area contributed by atoms with Gasteiger partial charge in [0, 0.05) is 18.1 Å². The van der Waals surface area contributed by atoms with Gasteiger partial charge in [0.2, 0.25) is 0 Å². The fraction of sp³-hybridized carbons (Fsp3) is 0.412. The van der Waals surface area contributed by atoms with Crippen LogP contribution in [0.2, 0.25) is 0 Å². The highest BCUT2D eigenvalue weighted by atomic mass is 32.2. The fourth-order valence-corrected chi connectivity index (χ4v) is 4.02. The van der Waals surface area contributed by atoms with Crippen molar-refractivity contribution in [2.45, 2.75) is 12.5 Å². The topological polar surface area (TPSA) is 83.2 Å². The molecule has 1 aromatic heterocycles. The lowest BCUT2D eigenvalue weighted by molar-refractivity contribution is 0.0446. The number of halogens is 1. The van der Waals surface area contributed by atoms with E-state index in [2.05, 4.69) is 10.3 Å². The van der Waals surface area contributed by atoms with E-state index < -0.39 is 11.2 Å². The van der Waals surface area contributed by atoms with Crippen LogP contribution in [-0.2, 0) is 16.0 Å². The third-order valence-corrected chi connectivity index (χ3v) is 5.64. The molecular formula is C17H18FN3O4S. The molecule has 1 aromatic carbocycles. The summed E-state index contributed by atoms with van der Waals surface area (Å²) in [5, 5.41) is 7.71. The van der Waals surface area contributed by atoms with Gasteiger partial charge in [-0.1, -0.05) is 22.4 Å². The minimum atomic E-state index is -0.787. The fourth-order valence-electron chi connectivity index (χ4n) is 2.96. The van der Waals surface area contributed by atoms with Crippen LogP contribution >= 0.6 is 0 Å². The zero-order chi connectivity index (χ0) is 17.9. The number of hydrogen-bond donors (Lipinski definition) is 0. The predicted molar refractivity (Wildman–Crippen MR) is 94.5 cm³/mol. The van der Waals surface area contributed by atoms with Gasteiger partial charge in [0.15, 0.2) is 6.10 Å². The largest absolute Gasteiger partial charge is 0.616 e. The molecule has 2 aliphatic heterocycles. The van der Waals surface area contributed by atoms with Crippen LogP contribution in [0.5, 0.6) is 5.88 Å². The second-order valence-corrected chi connectivity index (χ2v) is 7.82. The molecule has 0 aliphatic carbocycles. The van der Waals surface area contributed by atoms with Crippen molar-refractivity contribution in [3.63, 3.8) is 0 Å². The lowest BCUT2D eigenvalue weighted by atomic mass is 10.0. The zero-order valence-electron chi connectivity index (χ0n) is 14.0. The molecule has 2 aliphatic rings. The molecule has 0 amide bonds. The summed E-state index contributed by atoms with van der Waals surface area (Å²) in [4.78, 5) is 7.29. The molecule has 0 N–H and O–H groups in total. The number of ether oxygens (including phenoxy) is 1. The van der Waals surface area contributed by atoms with Gasteiger partial charge in [0.1, 0.15) is 30.2 Å². The maximum absolute atomic E-state index is 14.6. The maximum Gasteiger partial charge on any atom is 0.254 e. The molecule has 26 heavy (non-hydrogen) atoms. The van der Waals surface area contributed by atoms with Crippen molar-refractivity contribution < 1.29 is 23.0 Å². The third kappa shape index (κ3) is 3.78. The molecule has 2 aromatic rings. The Morgan fingerprint density at radius 3 is 2.88 bits per heavy atom. The SMILES string of the molecule is [O-][S+]1CCN(c2ccc(C3=NO[C@H](COc4ccon4)C3)cc2F)CC1. The summed E-state index contributed by atoms with van der Waals surface area (Å²) in [5.74, 6) is 1.24. The predicted octanol–water partition coefficient (Wildman–Crippen LogP) is 1.95. The number of hydrogen-bond acceptors (Lipinski definition) is 7. The second kappa shape index (κ2) is 7.55. The Labute approximate surface area is 152 Å². The number of oxime groups is 1. The van der Waals surface area contributed by atoms with Crippen LogP contribution in [0.1, 0.15) is 12.0 Å². The summed E-state index contributed by atoms with van der Waals surface area (Å²) in [6.07, 6.45) is 1.71. The molecule has 9 heteroatoms. The molecule has 138 valence electrons. The van der Waals surface area contributed by atoms with Crippen molar-refractivity contribution in [2.24, 2.45) is 5.16 Å². The van der Waals surface area contributed by atoms with E-state index in [1.165, 1.54) is 12.3 Å². The quantitative estimate of drug-likeness (QED) is 0.739. The summed E-state index contributed by atoms with van der Waals surface area (Å²) in [5.41, 5.74) is 1.91. The molecule has 0 unspecified atom stereocenters. The zero-order valence-corrected chi connectivity index (χ0v) is 14.8. The first-order valence-electron chi connectivity index (χ1n) is 8.35. The van der Waals surface area contributed by atoms with Gasteiger partial charge in [-0.15, -0.1) is 0 Å². The normalized spacial score (nSPS) is 20.8. The molecule has 0 radical (unpaired) electrons. The lowest BCUT2D eigenvalue weighted by Crippen LogP contribution is -2.40. The molecular weight excluding hydrogens is 361 g/mol. The van der Waals surface area contributed by atoms with Gasteiger partial charge < -0.3 is 23.6 Å². The molecule has 7 nitrogen and oxygen atoms in total. The molecule has 1 saturated heterocycles. The van der Waals surface area contributed by atoms with E-state index in [1.807, 2.05) is 11.0 Å². The number of benzene rings is 1. The summed E-state index contributed by atoms with van der Waals surface area (Å²) >= 11 is -0.787. The van der Waals surface area contributed by atoms with Crippen molar-refractivity contribution in [1.82, 2.24) is 5.16 Å². The molecule has 0 bridgehead atoms. The Morgan fingerprint density at radius 2 is 2.15 bits per heavy atom. The summed E-state index contributed by atoms with van der Waals surface area (Å²) in [6, 6.07) is 6.68. The van der Waals surface area contributed by atoms with Gasteiger partial charge in [0.05, 0.1) is 24.5 Å². The third-order valence-electron chi connectivity index (χ3n) is 4.36. The van der Waals surface area contributed by atoms with Crippen molar-refractivity contribution in [2.75, 3.05) is 36.1 Å². The van der Waals surface area contributed by atoms with E-state index in [1.54, 1.807) is 12.1 Å². The smallest absolute Gasteiger partial charge is 0.254 e. The average molecular weight is 379 g/mol. The highest BCUT2D eigenvalue weighted by Crippen LogP contribution is 2.25. The van der Waals surface area contributed by atoms with Crippen LogP contribution in [0, 0.1) is 5.82 Å². The molecule has 3 heterocycles. The maximum atomic E-state index is 14.6. The van der Waals surface area contributed by atoms with Crippen molar-refractivity contribution in [3.8, 4) is 5.88 Å². The average Bonchev–Trinajstić information content (AvgIpc) is 3.33. The summed E-state index contributed by atoms with van der Waals surface area (Å²) in [7, 11) is 0. The van der Waals surface area contributed by atoms with Gasteiger partial charge in [-0.25, -0.2) is 4.39 Å². The first kappa shape index (κ1) is 17.2. The van der Waals surface area contributed by atoms with E-state index in [4.69, 9.17) is 14.1 Å². The van der Waals surface area contributed by atoms with Crippen molar-refractivity contribution in [1.29, 1.82) is 0 Å². The van der Waals surface area contributed by atoms with Gasteiger partial charge in [-0.2, -0.15) is 0 Å². The van der Waals surface area contributed by atoms with Crippen LogP contribution in [0.4, 0.5) is 10.1 Å². The van der Waals surface area contributed by atoms with Crippen LogP contribution in [0.3, 0.4) is 0 Å². The van der Waals surface area contributed by atoms with Gasteiger partial charge in [-0.05, 0) is 17.3 Å². The molecule has 1 fully saturated rings. The van der Waals surface area contributed by atoms with E-state index in [0.29, 0.717) is 53.9 Å². The van der Waals surface area contributed by atoms with E-state index in [-0.39, 0.29) is 18.5 Å². The Hall–Kier alpha value is -2.26. The van der Waals surface area contributed by atoms with Crippen LogP contribution in [-0.4, -0.2) is 52.7 Å². The number of nitrogens with zero attached hydrogens (tertiary/aromatic N) is 3. The first-order chi connectivity index (χ1) is 12.7. The standard InChI is InChI=1S/C17H18FN3O4S/c18-14-9-12(1-2-16(14)21-4-7-26(22)8-5-21)15-10-13(25-19-15)11-23-17-3-6-24-20-17/h1-3,6,9,13H,4-5,7-8,10-11H2/t13-/m0/s1. The number of rotatable bonds is 5. The highest BCUT2D eigenvalue weighted by molar-refractivity contribution is 7.91. The molecule has 0 saturated carbocycles. The van der Waals surface area contributed by atoms with Crippen LogP contribution in [0.15, 0.2) is 40.2 Å². The Morgan fingerprint density at radius 1 is 1.31 bits per heavy atom. The highest BCUT2D eigenvalue weighted by Gasteiger charge is 2.25. The van der Waals surface area contributed by atoms with Crippen LogP contribution < -0.4 is 9.64 Å². The summed E-state index contributed by atoms with van der Waals surface area (Å²) < 4.78 is 36.1. The van der Waals surface area contributed by atoms with E-state index >= 15 is 0 Å². The Balaban J connectivity index is 1.37. The second-order valence-electron chi connectivity index (χ2n) is 6.12. The van der Waals surface area contributed by atoms with Crippen molar-refractivity contribution in [3.05, 3.63) is 41.9 Å². The molecule has 4 rings (SSSR count). The van der Waals surface area contributed by atoms with Crippen molar-refractivity contribution >= 4 is 22.6 Å². The van der Waals surface area contributed by atoms with E-state index in [9.17, 15) is 8.94 Å². The number of anilines is 1.